The topological polar surface area (TPSA) is 35.5 Å². The summed E-state index contributed by atoms with van der Waals surface area (Å²) in [6.07, 6.45) is 3.08. The van der Waals surface area contributed by atoms with E-state index >= 15 is 0 Å². The van der Waals surface area contributed by atoms with Crippen LogP contribution in [0.1, 0.15) is 6.92 Å². The van der Waals surface area contributed by atoms with Crippen molar-refractivity contribution in [3.63, 3.8) is 0 Å². The number of hydrogen-bond donors (Lipinski definition) is 0. The number of carbonyl (C=O) groups excluding carboxylic acids is 1. The highest BCUT2D eigenvalue weighted by atomic mass is 16.6. The molecule has 0 aromatic heterocycles. The van der Waals surface area contributed by atoms with Gasteiger partial charge >= 0.3 is 5.97 Å². The first-order chi connectivity index (χ1) is 4.29. The Morgan fingerprint density at radius 3 is 3.11 bits per heavy atom. The van der Waals surface area contributed by atoms with Crippen molar-refractivity contribution in [2.24, 2.45) is 0 Å². The van der Waals surface area contributed by atoms with Crippen molar-refractivity contribution in [2.45, 2.75) is 13.0 Å². The molecule has 1 atom stereocenters. The summed E-state index contributed by atoms with van der Waals surface area (Å²) in [6.45, 7) is 1.84. The fourth-order valence-electron chi connectivity index (χ4n) is 0.636. The van der Waals surface area contributed by atoms with Gasteiger partial charge in [-0.25, -0.2) is 0 Å². The first-order valence-corrected chi connectivity index (χ1v) is 2.74. The first-order valence-electron chi connectivity index (χ1n) is 2.74. The molecule has 0 saturated carbocycles. The zero-order valence-corrected chi connectivity index (χ0v) is 5.16. The van der Waals surface area contributed by atoms with Crippen molar-refractivity contribution in [3.05, 3.63) is 12.3 Å². The van der Waals surface area contributed by atoms with Crippen LogP contribution in [0.15, 0.2) is 12.3 Å². The van der Waals surface area contributed by atoms with E-state index in [1.165, 1.54) is 13.2 Å². The second-order valence-corrected chi connectivity index (χ2v) is 1.81. The van der Waals surface area contributed by atoms with Gasteiger partial charge in [0.2, 0.25) is 0 Å². The number of hydrogen-bond acceptors (Lipinski definition) is 3. The van der Waals surface area contributed by atoms with E-state index in [0.717, 1.165) is 0 Å². The van der Waals surface area contributed by atoms with Crippen molar-refractivity contribution in [1.82, 2.24) is 0 Å². The Morgan fingerprint density at radius 2 is 2.67 bits per heavy atom. The predicted octanol–water partition coefficient (Wildman–Crippen LogP) is 0.462. The quantitative estimate of drug-likeness (QED) is 0.481. The van der Waals surface area contributed by atoms with Crippen LogP contribution in [0.2, 0.25) is 0 Å². The van der Waals surface area contributed by atoms with Crippen LogP contribution in [0.5, 0.6) is 0 Å². The molecule has 0 aromatic rings. The average molecular weight is 128 g/mol. The van der Waals surface area contributed by atoms with Gasteiger partial charge in [-0.3, -0.25) is 4.79 Å². The van der Waals surface area contributed by atoms with Crippen LogP contribution in [0.4, 0.5) is 0 Å². The minimum Gasteiger partial charge on any atom is -0.497 e. The zero-order valence-electron chi connectivity index (χ0n) is 5.16. The van der Waals surface area contributed by atoms with Crippen molar-refractivity contribution in [1.29, 1.82) is 0 Å². The van der Waals surface area contributed by atoms with Crippen molar-refractivity contribution >= 4 is 5.97 Å². The minimum absolute atomic E-state index is 0.164. The molecule has 0 radical (unpaired) electrons. The maximum absolute atomic E-state index is 10.3. The summed E-state index contributed by atoms with van der Waals surface area (Å²) < 4.78 is 9.56. The molecule has 0 amide bonds. The lowest BCUT2D eigenvalue weighted by atomic mass is 10.4. The zero-order chi connectivity index (χ0) is 6.69. The monoisotopic (exact) mass is 128 g/mol. The van der Waals surface area contributed by atoms with Crippen molar-refractivity contribution < 1.29 is 14.3 Å². The van der Waals surface area contributed by atoms with E-state index < -0.39 is 0 Å². The molecule has 0 saturated heterocycles. The van der Waals surface area contributed by atoms with Crippen molar-refractivity contribution in [3.8, 4) is 0 Å². The Bertz CT molecular complexity index is 139. The number of esters is 1. The standard InChI is InChI=1S/C6H8O3/c1-5(7)9-6-2-3-8-4-6/h2-3,6H,4H2,1H3. The van der Waals surface area contributed by atoms with Crippen LogP contribution in [-0.4, -0.2) is 18.7 Å². The lowest BCUT2D eigenvalue weighted by Crippen LogP contribution is -2.14. The van der Waals surface area contributed by atoms with Crippen LogP contribution >= 0.6 is 0 Å². The smallest absolute Gasteiger partial charge is 0.303 e. The SMILES string of the molecule is CC(=O)OC1C=COC1. The fraction of sp³-hybridized carbons (Fsp3) is 0.500. The molecule has 1 aliphatic heterocycles. The Kier molecular flexibility index (Phi) is 1.72. The Labute approximate surface area is 53.3 Å². The van der Waals surface area contributed by atoms with Crippen LogP contribution in [0, 0.1) is 0 Å². The number of ether oxygens (including phenoxy) is 2. The average Bonchev–Trinajstić information content (AvgIpc) is 2.15. The Balaban J connectivity index is 2.28. The fourth-order valence-corrected chi connectivity index (χ4v) is 0.636. The van der Waals surface area contributed by atoms with Gasteiger partial charge < -0.3 is 9.47 Å². The molecule has 50 valence electrons. The molecule has 0 spiro atoms. The summed E-state index contributed by atoms with van der Waals surface area (Å²) in [5, 5.41) is 0. The summed E-state index contributed by atoms with van der Waals surface area (Å²) in [6, 6.07) is 0. The Morgan fingerprint density at radius 1 is 1.89 bits per heavy atom. The normalized spacial score (nSPS) is 23.4. The van der Waals surface area contributed by atoms with Crippen LogP contribution < -0.4 is 0 Å². The van der Waals surface area contributed by atoms with E-state index in [4.69, 9.17) is 9.47 Å². The molecule has 0 N–H and O–H groups in total. The summed E-state index contributed by atoms with van der Waals surface area (Å²) >= 11 is 0. The van der Waals surface area contributed by atoms with E-state index in [9.17, 15) is 4.79 Å². The molecular formula is C6H8O3. The van der Waals surface area contributed by atoms with Gasteiger partial charge in [-0.2, -0.15) is 0 Å². The molecule has 0 fully saturated rings. The van der Waals surface area contributed by atoms with Crippen LogP contribution in [-0.2, 0) is 14.3 Å². The third-order valence-corrected chi connectivity index (χ3v) is 0.967. The van der Waals surface area contributed by atoms with Gasteiger partial charge in [-0.05, 0) is 6.08 Å². The maximum Gasteiger partial charge on any atom is 0.303 e. The molecule has 3 heteroatoms. The molecule has 0 aliphatic carbocycles. The predicted molar refractivity (Wildman–Crippen MR) is 30.6 cm³/mol. The highest BCUT2D eigenvalue weighted by molar-refractivity contribution is 5.66. The number of carbonyl (C=O) groups is 1. The van der Waals surface area contributed by atoms with Gasteiger partial charge in [0.1, 0.15) is 6.61 Å². The summed E-state index contributed by atoms with van der Waals surface area (Å²) in [4.78, 5) is 10.3. The molecule has 3 nitrogen and oxygen atoms in total. The lowest BCUT2D eigenvalue weighted by molar-refractivity contribution is -0.144. The molecule has 9 heavy (non-hydrogen) atoms. The second kappa shape index (κ2) is 2.53. The molecular weight excluding hydrogens is 120 g/mol. The summed E-state index contributed by atoms with van der Waals surface area (Å²) in [5.41, 5.74) is 0. The molecule has 1 rings (SSSR count). The van der Waals surface area contributed by atoms with Gasteiger partial charge in [0.15, 0.2) is 6.10 Å². The molecule has 1 aliphatic rings. The van der Waals surface area contributed by atoms with Gasteiger partial charge in [0.25, 0.3) is 0 Å². The third kappa shape index (κ3) is 1.76. The Hall–Kier alpha value is -0.990. The van der Waals surface area contributed by atoms with Gasteiger partial charge in [-0.15, -0.1) is 0 Å². The van der Waals surface area contributed by atoms with Gasteiger partial charge in [0, 0.05) is 6.92 Å². The molecule has 1 unspecified atom stereocenters. The summed E-state index contributed by atoms with van der Waals surface area (Å²) in [7, 11) is 0. The van der Waals surface area contributed by atoms with Crippen LogP contribution in [0.3, 0.4) is 0 Å². The third-order valence-electron chi connectivity index (χ3n) is 0.967. The molecule has 1 heterocycles. The van der Waals surface area contributed by atoms with E-state index in [1.807, 2.05) is 0 Å². The van der Waals surface area contributed by atoms with Gasteiger partial charge in [-0.1, -0.05) is 0 Å². The van der Waals surface area contributed by atoms with E-state index in [0.29, 0.717) is 6.61 Å². The minimum atomic E-state index is -0.268. The van der Waals surface area contributed by atoms with Crippen molar-refractivity contribution in [2.75, 3.05) is 6.61 Å². The van der Waals surface area contributed by atoms with Gasteiger partial charge in [0.05, 0.1) is 6.26 Å². The second-order valence-electron chi connectivity index (χ2n) is 1.81. The number of rotatable bonds is 1. The van der Waals surface area contributed by atoms with E-state index in [1.54, 1.807) is 6.08 Å². The van der Waals surface area contributed by atoms with Crippen LogP contribution in [0.25, 0.3) is 0 Å². The highest BCUT2D eigenvalue weighted by Gasteiger charge is 2.11. The highest BCUT2D eigenvalue weighted by Crippen LogP contribution is 2.03. The first kappa shape index (κ1) is 6.13. The molecule has 0 bridgehead atoms. The van der Waals surface area contributed by atoms with E-state index in [2.05, 4.69) is 0 Å². The molecule has 0 aromatic carbocycles. The summed E-state index contributed by atoms with van der Waals surface area (Å²) in [5.74, 6) is -0.268. The largest absolute Gasteiger partial charge is 0.497 e. The maximum atomic E-state index is 10.3. The van der Waals surface area contributed by atoms with E-state index in [-0.39, 0.29) is 12.1 Å². The lowest BCUT2D eigenvalue weighted by Gasteiger charge is -2.04.